The highest BCUT2D eigenvalue weighted by Crippen LogP contribution is 2.21. The van der Waals surface area contributed by atoms with Gasteiger partial charge in [0.25, 0.3) is 0 Å². The fourth-order valence-corrected chi connectivity index (χ4v) is 1.51. The predicted octanol–water partition coefficient (Wildman–Crippen LogP) is 2.64. The lowest BCUT2D eigenvalue weighted by Crippen LogP contribution is -2.24. The van der Waals surface area contributed by atoms with Crippen LogP contribution in [0.2, 0.25) is 0 Å². The largest absolute Gasteiger partial charge is 0.491 e. The van der Waals surface area contributed by atoms with Crippen molar-refractivity contribution in [3.05, 3.63) is 29.3 Å². The Balaban J connectivity index is 2.78. The molecule has 0 aliphatic rings. The molecule has 94 valence electrons. The van der Waals surface area contributed by atoms with Crippen LogP contribution in [0.25, 0.3) is 0 Å². The topological polar surface area (TPSA) is 38.3 Å². The summed E-state index contributed by atoms with van der Waals surface area (Å²) in [6.45, 7) is 6.40. The maximum absolute atomic E-state index is 11.1. The molecule has 0 heterocycles. The number of nitrogens with one attached hydrogen (secondary N) is 1. The monoisotopic (exact) mass is 255 g/mol. The van der Waals surface area contributed by atoms with Crippen LogP contribution < -0.4 is 10.1 Å². The zero-order chi connectivity index (χ0) is 12.8. The van der Waals surface area contributed by atoms with Crippen LogP contribution in [0, 0.1) is 6.92 Å². The number of hydrogen-bond donors (Lipinski definition) is 1. The smallest absolute Gasteiger partial charge is 0.235 e. The highest BCUT2D eigenvalue weighted by Gasteiger charge is 2.07. The Kier molecular flexibility index (Phi) is 5.29. The summed E-state index contributed by atoms with van der Waals surface area (Å²) >= 11 is 5.42. The standard InChI is InChI=1S/C13H18ClNO2/c1-9(2)17-12-6-10(3)4-5-11(12)8-15-13(16)7-14/h4-6,9H,7-8H2,1-3H3,(H,15,16). The van der Waals surface area contributed by atoms with Crippen molar-refractivity contribution >= 4 is 17.5 Å². The molecule has 0 bridgehead atoms. The van der Waals surface area contributed by atoms with Crippen molar-refractivity contribution in [2.24, 2.45) is 0 Å². The van der Waals surface area contributed by atoms with E-state index in [1.165, 1.54) is 0 Å². The summed E-state index contributed by atoms with van der Waals surface area (Å²) in [6, 6.07) is 5.93. The van der Waals surface area contributed by atoms with E-state index >= 15 is 0 Å². The van der Waals surface area contributed by atoms with E-state index in [2.05, 4.69) is 5.32 Å². The molecule has 1 aromatic rings. The van der Waals surface area contributed by atoms with Crippen LogP contribution in [0.15, 0.2) is 18.2 Å². The molecule has 0 aliphatic heterocycles. The van der Waals surface area contributed by atoms with E-state index in [1.807, 2.05) is 39.0 Å². The summed E-state index contributed by atoms with van der Waals surface area (Å²) in [6.07, 6.45) is 0.110. The van der Waals surface area contributed by atoms with Gasteiger partial charge in [0.15, 0.2) is 0 Å². The molecule has 4 heteroatoms. The third-order valence-corrected chi connectivity index (χ3v) is 2.43. The summed E-state index contributed by atoms with van der Waals surface area (Å²) < 4.78 is 5.71. The molecule has 0 unspecified atom stereocenters. The van der Waals surface area contributed by atoms with Gasteiger partial charge in [0.2, 0.25) is 5.91 Å². The van der Waals surface area contributed by atoms with Gasteiger partial charge < -0.3 is 10.1 Å². The molecule has 0 atom stereocenters. The van der Waals surface area contributed by atoms with E-state index in [0.717, 1.165) is 16.9 Å². The van der Waals surface area contributed by atoms with Crippen LogP contribution in [0.1, 0.15) is 25.0 Å². The molecular weight excluding hydrogens is 238 g/mol. The fourth-order valence-electron chi connectivity index (χ4n) is 1.41. The van der Waals surface area contributed by atoms with Crippen LogP contribution in [0.3, 0.4) is 0 Å². The fraction of sp³-hybridized carbons (Fsp3) is 0.462. The summed E-state index contributed by atoms with van der Waals surface area (Å²) in [5.74, 6) is 0.615. The third kappa shape index (κ3) is 4.65. The lowest BCUT2D eigenvalue weighted by atomic mass is 10.1. The Morgan fingerprint density at radius 1 is 1.47 bits per heavy atom. The van der Waals surface area contributed by atoms with Crippen molar-refractivity contribution in [3.8, 4) is 5.75 Å². The van der Waals surface area contributed by atoms with Gasteiger partial charge >= 0.3 is 0 Å². The molecule has 17 heavy (non-hydrogen) atoms. The minimum atomic E-state index is -0.178. The maximum atomic E-state index is 11.1. The second-order valence-electron chi connectivity index (χ2n) is 4.19. The lowest BCUT2D eigenvalue weighted by molar-refractivity contribution is -0.118. The molecule has 1 aromatic carbocycles. The van der Waals surface area contributed by atoms with Crippen molar-refractivity contribution in [1.82, 2.24) is 5.32 Å². The molecule has 0 saturated carbocycles. The molecule has 0 fully saturated rings. The first-order valence-electron chi connectivity index (χ1n) is 5.61. The van der Waals surface area contributed by atoms with E-state index in [4.69, 9.17) is 16.3 Å². The number of benzene rings is 1. The minimum Gasteiger partial charge on any atom is -0.491 e. The van der Waals surface area contributed by atoms with E-state index < -0.39 is 0 Å². The van der Waals surface area contributed by atoms with Gasteiger partial charge in [-0.05, 0) is 32.4 Å². The second-order valence-corrected chi connectivity index (χ2v) is 4.46. The summed E-state index contributed by atoms with van der Waals surface area (Å²) in [7, 11) is 0. The number of rotatable bonds is 5. The van der Waals surface area contributed by atoms with Gasteiger partial charge in [-0.25, -0.2) is 0 Å². The Morgan fingerprint density at radius 3 is 2.76 bits per heavy atom. The first-order chi connectivity index (χ1) is 8.02. The molecule has 1 rings (SSSR count). The van der Waals surface area contributed by atoms with Crippen molar-refractivity contribution in [2.75, 3.05) is 5.88 Å². The SMILES string of the molecule is Cc1ccc(CNC(=O)CCl)c(OC(C)C)c1. The first-order valence-corrected chi connectivity index (χ1v) is 6.15. The van der Waals surface area contributed by atoms with Gasteiger partial charge in [-0.1, -0.05) is 12.1 Å². The molecule has 1 amide bonds. The van der Waals surface area contributed by atoms with Crippen molar-refractivity contribution in [2.45, 2.75) is 33.4 Å². The Bertz CT molecular complexity index is 391. The number of carbonyl (C=O) groups excluding carboxylic acids is 1. The highest BCUT2D eigenvalue weighted by molar-refractivity contribution is 6.27. The van der Waals surface area contributed by atoms with Crippen LogP contribution >= 0.6 is 11.6 Å². The molecular formula is C13H18ClNO2. The van der Waals surface area contributed by atoms with Crippen LogP contribution in [0.4, 0.5) is 0 Å². The zero-order valence-electron chi connectivity index (χ0n) is 10.4. The number of alkyl halides is 1. The highest BCUT2D eigenvalue weighted by atomic mass is 35.5. The predicted molar refractivity (Wildman–Crippen MR) is 69.5 cm³/mol. The number of halogens is 1. The molecule has 0 saturated heterocycles. The molecule has 0 spiro atoms. The molecule has 0 aromatic heterocycles. The van der Waals surface area contributed by atoms with Gasteiger partial charge in [0, 0.05) is 12.1 Å². The zero-order valence-corrected chi connectivity index (χ0v) is 11.2. The number of carbonyl (C=O) groups is 1. The second kappa shape index (κ2) is 6.50. The van der Waals surface area contributed by atoms with E-state index in [1.54, 1.807) is 0 Å². The number of hydrogen-bond acceptors (Lipinski definition) is 2. The summed E-state index contributed by atoms with van der Waals surface area (Å²) in [5, 5.41) is 2.73. The van der Waals surface area contributed by atoms with Gasteiger partial charge in [-0.2, -0.15) is 0 Å². The van der Waals surface area contributed by atoms with E-state index in [9.17, 15) is 4.79 Å². The lowest BCUT2D eigenvalue weighted by Gasteiger charge is -2.15. The van der Waals surface area contributed by atoms with Gasteiger partial charge in [-0.3, -0.25) is 4.79 Å². The quantitative estimate of drug-likeness (QED) is 0.822. The number of aryl methyl sites for hydroxylation is 1. The Labute approximate surface area is 107 Å². The van der Waals surface area contributed by atoms with Crippen molar-refractivity contribution in [3.63, 3.8) is 0 Å². The van der Waals surface area contributed by atoms with Gasteiger partial charge in [0.1, 0.15) is 11.6 Å². The average molecular weight is 256 g/mol. The van der Waals surface area contributed by atoms with E-state index in [-0.39, 0.29) is 17.9 Å². The van der Waals surface area contributed by atoms with Crippen LogP contribution in [0.5, 0.6) is 5.75 Å². The van der Waals surface area contributed by atoms with Gasteiger partial charge in [-0.15, -0.1) is 11.6 Å². The number of amides is 1. The summed E-state index contributed by atoms with van der Waals surface area (Å²) in [5.41, 5.74) is 2.09. The Morgan fingerprint density at radius 2 is 2.18 bits per heavy atom. The van der Waals surface area contributed by atoms with E-state index in [0.29, 0.717) is 6.54 Å². The minimum absolute atomic E-state index is 0.0216. The molecule has 1 N–H and O–H groups in total. The third-order valence-electron chi connectivity index (χ3n) is 2.18. The van der Waals surface area contributed by atoms with Gasteiger partial charge in [0.05, 0.1) is 6.10 Å². The normalized spacial score (nSPS) is 10.4. The maximum Gasteiger partial charge on any atom is 0.235 e. The Hall–Kier alpha value is -1.22. The number of ether oxygens (including phenoxy) is 1. The molecule has 3 nitrogen and oxygen atoms in total. The van der Waals surface area contributed by atoms with Crippen molar-refractivity contribution in [1.29, 1.82) is 0 Å². The van der Waals surface area contributed by atoms with Crippen LogP contribution in [-0.4, -0.2) is 17.9 Å². The summed E-state index contributed by atoms with van der Waals surface area (Å²) in [4.78, 5) is 11.1. The average Bonchev–Trinajstić information content (AvgIpc) is 2.26. The molecule has 0 aliphatic carbocycles. The first kappa shape index (κ1) is 13.8. The molecule has 0 radical (unpaired) electrons. The van der Waals surface area contributed by atoms with Crippen molar-refractivity contribution < 1.29 is 9.53 Å². The van der Waals surface area contributed by atoms with Crippen LogP contribution in [-0.2, 0) is 11.3 Å².